The number of anilines is 1. The van der Waals surface area contributed by atoms with Crippen LogP contribution in [-0.4, -0.2) is 27.1 Å². The van der Waals surface area contributed by atoms with Crippen molar-refractivity contribution in [3.63, 3.8) is 0 Å². The Kier molecular flexibility index (Phi) is 6.88. The van der Waals surface area contributed by atoms with Gasteiger partial charge in [0.1, 0.15) is 23.0 Å². The predicted molar refractivity (Wildman–Crippen MR) is 131 cm³/mol. The van der Waals surface area contributed by atoms with Crippen LogP contribution in [0.3, 0.4) is 0 Å². The normalized spacial score (nSPS) is 11.3. The molecule has 0 spiro atoms. The van der Waals surface area contributed by atoms with Crippen LogP contribution in [0.2, 0.25) is 0 Å². The number of benzene rings is 3. The Morgan fingerprint density at radius 1 is 0.941 bits per heavy atom. The van der Waals surface area contributed by atoms with Gasteiger partial charge < -0.3 is 13.9 Å². The van der Waals surface area contributed by atoms with E-state index in [4.69, 9.17) is 13.9 Å². The first-order valence-corrected chi connectivity index (χ1v) is 12.3. The summed E-state index contributed by atoms with van der Waals surface area (Å²) in [5.74, 6) is 2.27. The highest BCUT2D eigenvalue weighted by molar-refractivity contribution is 7.92. The predicted octanol–water partition coefficient (Wildman–Crippen LogP) is 5.45. The molecule has 34 heavy (non-hydrogen) atoms. The van der Waals surface area contributed by atoms with Crippen LogP contribution in [0.5, 0.6) is 11.5 Å². The lowest BCUT2D eigenvalue weighted by molar-refractivity contribution is 0.340. The van der Waals surface area contributed by atoms with E-state index in [1.807, 2.05) is 31.2 Å². The molecule has 0 N–H and O–H groups in total. The van der Waals surface area contributed by atoms with Gasteiger partial charge in [0.2, 0.25) is 5.89 Å². The Morgan fingerprint density at radius 2 is 1.68 bits per heavy atom. The molecule has 0 fully saturated rings. The van der Waals surface area contributed by atoms with E-state index in [1.54, 1.807) is 68.6 Å². The summed E-state index contributed by atoms with van der Waals surface area (Å²) >= 11 is 0. The van der Waals surface area contributed by atoms with Gasteiger partial charge in [0.15, 0.2) is 0 Å². The fourth-order valence-electron chi connectivity index (χ4n) is 3.49. The number of ether oxygens (including phenoxy) is 2. The van der Waals surface area contributed by atoms with Crippen LogP contribution in [-0.2, 0) is 16.6 Å². The lowest BCUT2D eigenvalue weighted by Crippen LogP contribution is -2.31. The standard InChI is InChI=1S/C26H26N2O5S/c1-4-32-22-15-13-20(14-16-22)26-27-25(19(2)33-26)18-28(21-9-8-10-23(17-21)31-3)34(29,30)24-11-6-5-7-12-24/h5-17H,4,18H2,1-3H3. The van der Waals surface area contributed by atoms with Gasteiger partial charge in [-0.3, -0.25) is 4.31 Å². The van der Waals surface area contributed by atoms with E-state index < -0.39 is 10.0 Å². The van der Waals surface area contributed by atoms with Crippen molar-refractivity contribution in [1.82, 2.24) is 4.98 Å². The SMILES string of the molecule is CCOc1ccc(-c2nc(CN(c3cccc(OC)c3)S(=O)(=O)c3ccccc3)c(C)o2)cc1. The molecule has 0 bridgehead atoms. The van der Waals surface area contributed by atoms with Gasteiger partial charge >= 0.3 is 0 Å². The summed E-state index contributed by atoms with van der Waals surface area (Å²) in [4.78, 5) is 4.81. The van der Waals surface area contributed by atoms with Gasteiger partial charge in [-0.25, -0.2) is 13.4 Å². The molecule has 0 saturated carbocycles. The molecule has 0 amide bonds. The minimum Gasteiger partial charge on any atom is -0.497 e. The highest BCUT2D eigenvalue weighted by atomic mass is 32.2. The molecular formula is C26H26N2O5S. The minimum absolute atomic E-state index is 0.00322. The lowest BCUT2D eigenvalue weighted by Gasteiger charge is -2.24. The zero-order valence-electron chi connectivity index (χ0n) is 19.3. The van der Waals surface area contributed by atoms with Crippen molar-refractivity contribution in [2.24, 2.45) is 0 Å². The second kappa shape index (κ2) is 10.0. The van der Waals surface area contributed by atoms with E-state index >= 15 is 0 Å². The third-order valence-corrected chi connectivity index (χ3v) is 7.06. The Morgan fingerprint density at radius 3 is 2.35 bits per heavy atom. The van der Waals surface area contributed by atoms with Gasteiger partial charge in [-0.05, 0) is 62.4 Å². The third-order valence-electron chi connectivity index (χ3n) is 5.27. The molecule has 0 aliphatic rings. The summed E-state index contributed by atoms with van der Waals surface area (Å²) in [5, 5.41) is 0. The minimum atomic E-state index is -3.88. The second-order valence-corrected chi connectivity index (χ2v) is 9.37. The Labute approximate surface area is 199 Å². The molecule has 1 heterocycles. The highest BCUT2D eigenvalue weighted by Gasteiger charge is 2.27. The van der Waals surface area contributed by atoms with E-state index in [9.17, 15) is 8.42 Å². The number of aryl methyl sites for hydroxylation is 1. The van der Waals surface area contributed by atoms with Crippen molar-refractivity contribution in [3.8, 4) is 23.0 Å². The topological polar surface area (TPSA) is 81.9 Å². The zero-order chi connectivity index (χ0) is 24.1. The smallest absolute Gasteiger partial charge is 0.264 e. The molecule has 7 nitrogen and oxygen atoms in total. The molecule has 0 saturated heterocycles. The number of sulfonamides is 1. The first-order chi connectivity index (χ1) is 16.4. The van der Waals surface area contributed by atoms with Gasteiger partial charge in [-0.1, -0.05) is 24.3 Å². The van der Waals surface area contributed by atoms with Crippen molar-refractivity contribution < 1.29 is 22.3 Å². The molecule has 0 atom stereocenters. The number of hydrogen-bond acceptors (Lipinski definition) is 6. The molecule has 4 aromatic rings. The van der Waals surface area contributed by atoms with Crippen molar-refractivity contribution in [1.29, 1.82) is 0 Å². The van der Waals surface area contributed by atoms with Crippen LogP contribution in [0.25, 0.3) is 11.5 Å². The summed E-state index contributed by atoms with van der Waals surface area (Å²) in [5.41, 5.74) is 1.76. The second-order valence-electron chi connectivity index (χ2n) is 7.51. The van der Waals surface area contributed by atoms with Crippen molar-refractivity contribution in [2.75, 3.05) is 18.0 Å². The van der Waals surface area contributed by atoms with Crippen LogP contribution < -0.4 is 13.8 Å². The quantitative estimate of drug-likeness (QED) is 0.318. The average molecular weight is 479 g/mol. The summed E-state index contributed by atoms with van der Waals surface area (Å²) in [7, 11) is -2.34. The highest BCUT2D eigenvalue weighted by Crippen LogP contribution is 2.31. The van der Waals surface area contributed by atoms with E-state index in [2.05, 4.69) is 4.98 Å². The van der Waals surface area contributed by atoms with Gasteiger partial charge in [0, 0.05) is 11.6 Å². The van der Waals surface area contributed by atoms with Gasteiger partial charge in [0.25, 0.3) is 10.0 Å². The number of methoxy groups -OCH3 is 1. The van der Waals surface area contributed by atoms with Crippen molar-refractivity contribution >= 4 is 15.7 Å². The fourth-order valence-corrected chi connectivity index (χ4v) is 4.93. The number of oxazole rings is 1. The maximum Gasteiger partial charge on any atom is 0.264 e. The Balaban J connectivity index is 1.72. The van der Waals surface area contributed by atoms with Crippen LogP contribution >= 0.6 is 0 Å². The lowest BCUT2D eigenvalue weighted by atomic mass is 10.2. The average Bonchev–Trinajstić information content (AvgIpc) is 3.23. The van der Waals surface area contributed by atoms with Crippen molar-refractivity contribution in [3.05, 3.63) is 90.3 Å². The summed E-state index contributed by atoms with van der Waals surface area (Å²) in [6.07, 6.45) is 0. The maximum absolute atomic E-state index is 13.6. The molecular weight excluding hydrogens is 452 g/mol. The van der Waals surface area contributed by atoms with Crippen LogP contribution in [0, 0.1) is 6.92 Å². The van der Waals surface area contributed by atoms with Gasteiger partial charge in [-0.2, -0.15) is 0 Å². The van der Waals surface area contributed by atoms with E-state index in [-0.39, 0.29) is 11.4 Å². The van der Waals surface area contributed by atoms with E-state index in [1.165, 1.54) is 4.31 Å². The fraction of sp³-hybridized carbons (Fsp3) is 0.192. The monoisotopic (exact) mass is 478 g/mol. The summed E-state index contributed by atoms with van der Waals surface area (Å²) in [6.45, 7) is 4.28. The molecule has 3 aromatic carbocycles. The van der Waals surface area contributed by atoms with E-state index in [0.717, 1.165) is 11.3 Å². The molecule has 0 unspecified atom stereocenters. The number of hydrogen-bond donors (Lipinski definition) is 0. The molecule has 8 heteroatoms. The summed E-state index contributed by atoms with van der Waals surface area (Å²) in [6, 6.07) is 22.7. The summed E-state index contributed by atoms with van der Waals surface area (Å²) < 4.78 is 45.3. The molecule has 0 aliphatic heterocycles. The number of aromatic nitrogens is 1. The number of rotatable bonds is 9. The zero-order valence-corrected chi connectivity index (χ0v) is 20.1. The first-order valence-electron chi connectivity index (χ1n) is 10.8. The molecule has 0 aliphatic carbocycles. The van der Waals surface area contributed by atoms with Gasteiger partial charge in [-0.15, -0.1) is 0 Å². The largest absolute Gasteiger partial charge is 0.497 e. The molecule has 176 valence electrons. The van der Waals surface area contributed by atoms with Crippen LogP contribution in [0.4, 0.5) is 5.69 Å². The molecule has 0 radical (unpaired) electrons. The Hall–Kier alpha value is -3.78. The first kappa shape index (κ1) is 23.4. The Bertz CT molecular complexity index is 1350. The van der Waals surface area contributed by atoms with Crippen LogP contribution in [0.15, 0.2) is 88.2 Å². The number of nitrogens with zero attached hydrogens (tertiary/aromatic N) is 2. The van der Waals surface area contributed by atoms with Gasteiger partial charge in [0.05, 0.1) is 30.8 Å². The van der Waals surface area contributed by atoms with Crippen LogP contribution in [0.1, 0.15) is 18.4 Å². The maximum atomic E-state index is 13.6. The van der Waals surface area contributed by atoms with Crippen molar-refractivity contribution in [2.45, 2.75) is 25.3 Å². The molecule has 4 rings (SSSR count). The molecule has 1 aromatic heterocycles. The third kappa shape index (κ3) is 4.92. The van der Waals surface area contributed by atoms with E-state index in [0.29, 0.717) is 35.4 Å².